The molecule has 5 heteroatoms. The zero-order chi connectivity index (χ0) is 15.2. The van der Waals surface area contributed by atoms with Crippen molar-refractivity contribution in [2.75, 3.05) is 12.4 Å². The summed E-state index contributed by atoms with van der Waals surface area (Å²) >= 11 is 0. The molecule has 1 saturated carbocycles. The van der Waals surface area contributed by atoms with Gasteiger partial charge in [0.05, 0.1) is 6.42 Å². The van der Waals surface area contributed by atoms with Gasteiger partial charge in [-0.25, -0.2) is 0 Å². The minimum absolute atomic E-state index is 0.0132. The standard InChI is InChI=1S/C16H23N3O2/c1-18-15(20)9-11-5-7-14(8-6-11)19-16(21)12-3-2-4-13(17)10-12/h5-8,12-13H,2-4,9-10,17H2,1H3,(H,18,20)(H,19,21). The molecular formula is C16H23N3O2. The molecule has 114 valence electrons. The van der Waals surface area contributed by atoms with E-state index < -0.39 is 0 Å². The monoisotopic (exact) mass is 289 g/mol. The third-order valence-electron chi connectivity index (χ3n) is 3.95. The fourth-order valence-electron chi connectivity index (χ4n) is 2.69. The van der Waals surface area contributed by atoms with E-state index in [9.17, 15) is 9.59 Å². The number of hydrogen-bond donors (Lipinski definition) is 3. The van der Waals surface area contributed by atoms with Crippen molar-refractivity contribution in [2.45, 2.75) is 38.1 Å². The molecule has 2 unspecified atom stereocenters. The lowest BCUT2D eigenvalue weighted by Gasteiger charge is -2.25. The number of hydrogen-bond acceptors (Lipinski definition) is 3. The Bertz CT molecular complexity index is 499. The number of benzene rings is 1. The van der Waals surface area contributed by atoms with Gasteiger partial charge in [-0.1, -0.05) is 18.6 Å². The van der Waals surface area contributed by atoms with E-state index >= 15 is 0 Å². The maximum atomic E-state index is 12.2. The van der Waals surface area contributed by atoms with E-state index in [1.807, 2.05) is 24.3 Å². The Kier molecular flexibility index (Phi) is 5.33. The normalized spacial score (nSPS) is 21.6. The number of carbonyl (C=O) groups excluding carboxylic acids is 2. The van der Waals surface area contributed by atoms with Crippen LogP contribution in [0.1, 0.15) is 31.2 Å². The molecule has 4 N–H and O–H groups in total. The van der Waals surface area contributed by atoms with Gasteiger partial charge >= 0.3 is 0 Å². The molecular weight excluding hydrogens is 266 g/mol. The van der Waals surface area contributed by atoms with Crippen LogP contribution in [0.4, 0.5) is 5.69 Å². The summed E-state index contributed by atoms with van der Waals surface area (Å²) in [6, 6.07) is 7.52. The molecule has 0 heterocycles. The topological polar surface area (TPSA) is 84.2 Å². The van der Waals surface area contributed by atoms with Gasteiger partial charge in [-0.15, -0.1) is 0 Å². The molecule has 21 heavy (non-hydrogen) atoms. The highest BCUT2D eigenvalue weighted by atomic mass is 16.2. The van der Waals surface area contributed by atoms with Crippen LogP contribution in [0.5, 0.6) is 0 Å². The summed E-state index contributed by atoms with van der Waals surface area (Å²) < 4.78 is 0. The lowest BCUT2D eigenvalue weighted by atomic mass is 9.85. The Labute approximate surface area is 125 Å². The highest BCUT2D eigenvalue weighted by Gasteiger charge is 2.25. The molecule has 1 aliphatic carbocycles. The van der Waals surface area contributed by atoms with Crippen molar-refractivity contribution in [3.8, 4) is 0 Å². The Morgan fingerprint density at radius 2 is 1.95 bits per heavy atom. The summed E-state index contributed by atoms with van der Waals surface area (Å²) in [7, 11) is 1.62. The van der Waals surface area contributed by atoms with Crippen molar-refractivity contribution >= 4 is 17.5 Å². The van der Waals surface area contributed by atoms with Crippen molar-refractivity contribution < 1.29 is 9.59 Å². The molecule has 0 bridgehead atoms. The molecule has 1 aromatic carbocycles. The Morgan fingerprint density at radius 1 is 1.24 bits per heavy atom. The van der Waals surface area contributed by atoms with Crippen molar-refractivity contribution in [3.63, 3.8) is 0 Å². The zero-order valence-corrected chi connectivity index (χ0v) is 12.4. The first-order valence-corrected chi connectivity index (χ1v) is 7.44. The third kappa shape index (κ3) is 4.56. The highest BCUT2D eigenvalue weighted by molar-refractivity contribution is 5.92. The van der Waals surface area contributed by atoms with E-state index in [4.69, 9.17) is 5.73 Å². The number of likely N-dealkylation sites (N-methyl/N-ethyl adjacent to an activating group) is 1. The molecule has 1 fully saturated rings. The fourth-order valence-corrected chi connectivity index (χ4v) is 2.69. The van der Waals surface area contributed by atoms with Gasteiger partial charge in [0.15, 0.2) is 0 Å². The summed E-state index contributed by atoms with van der Waals surface area (Å²) in [6.45, 7) is 0. The largest absolute Gasteiger partial charge is 0.359 e. The fraction of sp³-hybridized carbons (Fsp3) is 0.500. The first-order valence-electron chi connectivity index (χ1n) is 7.44. The first kappa shape index (κ1) is 15.5. The second kappa shape index (κ2) is 7.22. The number of nitrogens with one attached hydrogen (secondary N) is 2. The lowest BCUT2D eigenvalue weighted by Crippen LogP contribution is -2.34. The number of amides is 2. The molecule has 2 rings (SSSR count). The maximum absolute atomic E-state index is 12.2. The summed E-state index contributed by atoms with van der Waals surface area (Å²) in [5, 5.41) is 5.52. The van der Waals surface area contributed by atoms with Gasteiger partial charge in [0.1, 0.15) is 0 Å². The van der Waals surface area contributed by atoms with E-state index in [1.165, 1.54) is 0 Å². The van der Waals surface area contributed by atoms with Crippen molar-refractivity contribution in [1.82, 2.24) is 5.32 Å². The zero-order valence-electron chi connectivity index (χ0n) is 12.4. The van der Waals surface area contributed by atoms with Crippen LogP contribution in [-0.2, 0) is 16.0 Å². The molecule has 2 atom stereocenters. The average Bonchev–Trinajstić information content (AvgIpc) is 2.49. The summed E-state index contributed by atoms with van der Waals surface area (Å²) in [6.07, 6.45) is 4.05. The molecule has 0 spiro atoms. The van der Waals surface area contributed by atoms with Gasteiger partial charge in [-0.05, 0) is 37.0 Å². The Balaban J connectivity index is 1.90. The summed E-state index contributed by atoms with van der Waals surface area (Å²) in [5.74, 6) is 0.0338. The van der Waals surface area contributed by atoms with Crippen LogP contribution in [0.3, 0.4) is 0 Å². The average molecular weight is 289 g/mol. The SMILES string of the molecule is CNC(=O)Cc1ccc(NC(=O)C2CCCC(N)C2)cc1. The van der Waals surface area contributed by atoms with Crippen molar-refractivity contribution in [1.29, 1.82) is 0 Å². The van der Waals surface area contributed by atoms with E-state index in [0.29, 0.717) is 6.42 Å². The maximum Gasteiger partial charge on any atom is 0.227 e. The molecule has 0 aromatic heterocycles. The van der Waals surface area contributed by atoms with Crippen LogP contribution in [0.25, 0.3) is 0 Å². The predicted octanol–water partition coefficient (Wildman–Crippen LogP) is 1.43. The van der Waals surface area contributed by atoms with Crippen molar-refractivity contribution in [3.05, 3.63) is 29.8 Å². The lowest BCUT2D eigenvalue weighted by molar-refractivity contribution is -0.121. The van der Waals surface area contributed by atoms with E-state index in [1.54, 1.807) is 7.05 Å². The van der Waals surface area contributed by atoms with Crippen LogP contribution in [0.2, 0.25) is 0 Å². The molecule has 5 nitrogen and oxygen atoms in total. The van der Waals surface area contributed by atoms with E-state index in [-0.39, 0.29) is 23.8 Å². The number of nitrogens with two attached hydrogens (primary N) is 1. The first-order chi connectivity index (χ1) is 10.1. The van der Waals surface area contributed by atoms with Gasteiger partial charge in [-0.2, -0.15) is 0 Å². The molecule has 0 aliphatic heterocycles. The smallest absolute Gasteiger partial charge is 0.227 e. The number of carbonyl (C=O) groups is 2. The third-order valence-corrected chi connectivity index (χ3v) is 3.95. The summed E-state index contributed by atoms with van der Waals surface area (Å²) in [5.41, 5.74) is 7.60. The molecule has 1 aliphatic rings. The van der Waals surface area contributed by atoms with Crippen LogP contribution in [-0.4, -0.2) is 24.9 Å². The van der Waals surface area contributed by atoms with Crippen LogP contribution in [0.15, 0.2) is 24.3 Å². The second-order valence-electron chi connectivity index (χ2n) is 5.66. The number of anilines is 1. The van der Waals surface area contributed by atoms with E-state index in [2.05, 4.69) is 10.6 Å². The van der Waals surface area contributed by atoms with Gasteiger partial charge in [-0.3, -0.25) is 9.59 Å². The summed E-state index contributed by atoms with van der Waals surface area (Å²) in [4.78, 5) is 23.5. The molecule has 2 amide bonds. The second-order valence-corrected chi connectivity index (χ2v) is 5.66. The van der Waals surface area contributed by atoms with Gasteiger partial charge in [0, 0.05) is 24.7 Å². The Hall–Kier alpha value is -1.88. The predicted molar refractivity (Wildman–Crippen MR) is 82.8 cm³/mol. The Morgan fingerprint density at radius 3 is 2.57 bits per heavy atom. The van der Waals surface area contributed by atoms with Gasteiger partial charge in [0.25, 0.3) is 0 Å². The van der Waals surface area contributed by atoms with Crippen LogP contribution < -0.4 is 16.4 Å². The van der Waals surface area contributed by atoms with Gasteiger partial charge in [0.2, 0.25) is 11.8 Å². The minimum atomic E-state index is -0.0250. The quantitative estimate of drug-likeness (QED) is 0.784. The van der Waals surface area contributed by atoms with Crippen LogP contribution in [0, 0.1) is 5.92 Å². The van der Waals surface area contributed by atoms with Crippen molar-refractivity contribution in [2.24, 2.45) is 11.7 Å². The minimum Gasteiger partial charge on any atom is -0.359 e. The molecule has 0 radical (unpaired) electrons. The van der Waals surface area contributed by atoms with Gasteiger partial charge < -0.3 is 16.4 Å². The molecule has 0 saturated heterocycles. The highest BCUT2D eigenvalue weighted by Crippen LogP contribution is 2.24. The number of rotatable bonds is 4. The van der Waals surface area contributed by atoms with Crippen LogP contribution >= 0.6 is 0 Å². The molecule has 1 aromatic rings. The van der Waals surface area contributed by atoms with E-state index in [0.717, 1.165) is 36.9 Å².